The van der Waals surface area contributed by atoms with E-state index in [-0.39, 0.29) is 51.3 Å². The minimum atomic E-state index is -0.435. The number of para-hydroxylation sites is 2. The normalized spacial score (nSPS) is 14.8. The molecule has 1 nitrogen and oxygen atoms in total. The van der Waals surface area contributed by atoms with Gasteiger partial charge in [0.25, 0.3) is 0 Å². The Morgan fingerprint density at radius 2 is 1.11 bits per heavy atom. The molecule has 0 saturated heterocycles. The molecule has 0 bridgehead atoms. The molecule has 0 amide bonds. The van der Waals surface area contributed by atoms with Crippen molar-refractivity contribution in [3.63, 3.8) is 0 Å². The van der Waals surface area contributed by atoms with Gasteiger partial charge in [0.2, 0.25) is 0 Å². The third-order valence-electron chi connectivity index (χ3n) is 7.09. The molecular weight excluding hydrogens is 448 g/mol. The number of hydrogen-bond donors (Lipinski definition) is 0. The molecule has 0 unspecified atom stereocenters. The average Bonchev–Trinajstić information content (AvgIpc) is 3.45. The van der Waals surface area contributed by atoms with Crippen molar-refractivity contribution in [3.05, 3.63) is 133 Å². The van der Waals surface area contributed by atoms with E-state index in [2.05, 4.69) is 0 Å². The molecule has 1 heteroatoms. The van der Waals surface area contributed by atoms with Gasteiger partial charge >= 0.3 is 0 Å². The lowest BCUT2D eigenvalue weighted by Gasteiger charge is -2.18. The van der Waals surface area contributed by atoms with Gasteiger partial charge in [-0.1, -0.05) is 121 Å². The monoisotopic (exact) mass is 478 g/mol. The van der Waals surface area contributed by atoms with Crippen LogP contribution in [0, 0.1) is 0 Å². The predicted molar refractivity (Wildman–Crippen MR) is 157 cm³/mol. The third-order valence-corrected chi connectivity index (χ3v) is 7.09. The Hall–Kier alpha value is -4.88. The summed E-state index contributed by atoms with van der Waals surface area (Å²) in [6.45, 7) is 0. The van der Waals surface area contributed by atoms with Crippen molar-refractivity contribution in [2.24, 2.45) is 0 Å². The van der Waals surface area contributed by atoms with E-state index in [1.807, 2.05) is 78.9 Å². The predicted octanol–water partition coefficient (Wildman–Crippen LogP) is 10.4. The van der Waals surface area contributed by atoms with Gasteiger partial charge < -0.3 is 4.42 Å². The summed E-state index contributed by atoms with van der Waals surface area (Å²) >= 11 is 0. The second-order valence-corrected chi connectivity index (χ2v) is 9.09. The molecule has 0 fully saturated rings. The highest BCUT2D eigenvalue weighted by atomic mass is 16.3. The van der Waals surface area contributed by atoms with Gasteiger partial charge in [-0.2, -0.15) is 0 Å². The van der Waals surface area contributed by atoms with Gasteiger partial charge in [0, 0.05) is 21.9 Å². The summed E-state index contributed by atoms with van der Waals surface area (Å²) in [5.41, 5.74) is 2.73. The summed E-state index contributed by atoms with van der Waals surface area (Å²) in [6.07, 6.45) is 0. The second-order valence-electron chi connectivity index (χ2n) is 9.09. The Morgan fingerprint density at radius 1 is 0.486 bits per heavy atom. The maximum absolute atomic E-state index is 9.20. The molecule has 0 aliphatic rings. The molecule has 0 atom stereocenters. The van der Waals surface area contributed by atoms with E-state index in [0.29, 0.717) is 27.9 Å². The standard InChI is InChI=1S/C36H22O/c1-2-11-24-22-25(21-20-23(24)10-1)34-27-13-3-5-15-29(27)35(30-16-6-4-14-28(30)34)32-18-9-17-31-26-12-7-8-19-33(26)37-36(31)32/h1-22H/i3D,4D,5D,6D,13D,14D,15D,16D. The van der Waals surface area contributed by atoms with Crippen LogP contribution in [-0.4, -0.2) is 0 Å². The molecule has 172 valence electrons. The van der Waals surface area contributed by atoms with Crippen LogP contribution in [0.25, 0.3) is 76.5 Å². The zero-order valence-electron chi connectivity index (χ0n) is 27.5. The van der Waals surface area contributed by atoms with Crippen LogP contribution in [0.2, 0.25) is 0 Å². The summed E-state index contributed by atoms with van der Waals surface area (Å²) < 4.78 is 77.8. The number of hydrogen-bond acceptors (Lipinski definition) is 1. The van der Waals surface area contributed by atoms with E-state index in [1.54, 1.807) is 6.07 Å². The molecule has 0 aliphatic heterocycles. The number of furan rings is 1. The van der Waals surface area contributed by atoms with Gasteiger partial charge in [0.05, 0.1) is 11.0 Å². The molecular formula is C36H22O. The minimum absolute atomic E-state index is 0.162. The van der Waals surface area contributed by atoms with Crippen molar-refractivity contribution in [3.8, 4) is 22.3 Å². The van der Waals surface area contributed by atoms with E-state index >= 15 is 0 Å². The fourth-order valence-electron chi connectivity index (χ4n) is 5.47. The first-order chi connectivity index (χ1) is 21.7. The van der Waals surface area contributed by atoms with E-state index in [0.717, 1.165) is 21.5 Å². The maximum atomic E-state index is 9.20. The minimum Gasteiger partial charge on any atom is -0.455 e. The van der Waals surface area contributed by atoms with Crippen LogP contribution in [0.4, 0.5) is 0 Å². The molecule has 8 aromatic rings. The SMILES string of the molecule is [2H]c1c([2H])c([2H])c2c(-c3cccc4c3oc3ccccc34)c3c([2H])c([2H])c([2H])c([2H])c3c(-c3ccc4ccccc4c3)c2c1[2H]. The van der Waals surface area contributed by atoms with Gasteiger partial charge in [-0.15, -0.1) is 0 Å². The first kappa shape index (κ1) is 14.0. The van der Waals surface area contributed by atoms with Crippen molar-refractivity contribution in [1.29, 1.82) is 0 Å². The van der Waals surface area contributed by atoms with Gasteiger partial charge in [-0.25, -0.2) is 0 Å². The summed E-state index contributed by atoms with van der Waals surface area (Å²) in [5, 5.41) is 4.17. The largest absolute Gasteiger partial charge is 0.455 e. The summed E-state index contributed by atoms with van der Waals surface area (Å²) in [6, 6.07) is 23.5. The molecule has 0 aliphatic carbocycles. The molecule has 37 heavy (non-hydrogen) atoms. The Kier molecular flexibility index (Phi) is 2.96. The van der Waals surface area contributed by atoms with Gasteiger partial charge in [-0.05, 0) is 55.6 Å². The van der Waals surface area contributed by atoms with E-state index in [1.165, 1.54) is 0 Å². The number of benzene rings is 7. The quantitative estimate of drug-likeness (QED) is 0.225. The highest BCUT2D eigenvalue weighted by Gasteiger charge is 2.20. The second kappa shape index (κ2) is 7.81. The van der Waals surface area contributed by atoms with Gasteiger partial charge in [0.1, 0.15) is 11.2 Å². The summed E-state index contributed by atoms with van der Waals surface area (Å²) in [4.78, 5) is 0. The molecule has 1 aromatic heterocycles. The van der Waals surface area contributed by atoms with Crippen molar-refractivity contribution >= 4 is 54.3 Å². The fourth-order valence-corrected chi connectivity index (χ4v) is 5.47. The van der Waals surface area contributed by atoms with Crippen LogP contribution in [0.3, 0.4) is 0 Å². The molecule has 0 N–H and O–H groups in total. The van der Waals surface area contributed by atoms with Crippen LogP contribution in [-0.2, 0) is 0 Å². The molecule has 8 rings (SSSR count). The Balaban J connectivity index is 1.70. The maximum Gasteiger partial charge on any atom is 0.143 e. The lowest BCUT2D eigenvalue weighted by Crippen LogP contribution is -1.91. The number of fused-ring (bicyclic) bond motifs is 6. The average molecular weight is 479 g/mol. The molecule has 0 spiro atoms. The van der Waals surface area contributed by atoms with Crippen LogP contribution in [0.15, 0.2) is 138 Å². The third kappa shape index (κ3) is 2.98. The zero-order chi connectivity index (χ0) is 31.3. The van der Waals surface area contributed by atoms with Crippen molar-refractivity contribution in [2.45, 2.75) is 0 Å². The van der Waals surface area contributed by atoms with Crippen molar-refractivity contribution in [2.75, 3.05) is 0 Å². The van der Waals surface area contributed by atoms with Crippen LogP contribution in [0.1, 0.15) is 11.0 Å². The Morgan fingerprint density at radius 3 is 1.86 bits per heavy atom. The molecule has 7 aromatic carbocycles. The number of rotatable bonds is 2. The van der Waals surface area contributed by atoms with E-state index < -0.39 is 24.2 Å². The van der Waals surface area contributed by atoms with Crippen molar-refractivity contribution in [1.82, 2.24) is 0 Å². The molecule has 0 radical (unpaired) electrons. The van der Waals surface area contributed by atoms with Crippen molar-refractivity contribution < 1.29 is 15.4 Å². The smallest absolute Gasteiger partial charge is 0.143 e. The van der Waals surface area contributed by atoms with E-state index in [4.69, 9.17) is 9.90 Å². The van der Waals surface area contributed by atoms with E-state index in [9.17, 15) is 5.48 Å². The lowest BCUT2D eigenvalue weighted by molar-refractivity contribution is 0.670. The first-order valence-electron chi connectivity index (χ1n) is 16.0. The first-order valence-corrected chi connectivity index (χ1v) is 12.0. The molecule has 0 saturated carbocycles. The zero-order valence-corrected chi connectivity index (χ0v) is 19.5. The van der Waals surface area contributed by atoms with Gasteiger partial charge in [0.15, 0.2) is 0 Å². The summed E-state index contributed by atoms with van der Waals surface area (Å²) in [5.74, 6) is 0. The highest BCUT2D eigenvalue weighted by Crippen LogP contribution is 2.46. The van der Waals surface area contributed by atoms with Crippen LogP contribution >= 0.6 is 0 Å². The van der Waals surface area contributed by atoms with Crippen LogP contribution < -0.4 is 0 Å². The summed E-state index contributed by atoms with van der Waals surface area (Å²) in [7, 11) is 0. The fraction of sp³-hybridized carbons (Fsp3) is 0. The van der Waals surface area contributed by atoms with Crippen LogP contribution in [0.5, 0.6) is 0 Å². The Bertz CT molecular complexity index is 2500. The lowest BCUT2D eigenvalue weighted by atomic mass is 9.85. The van der Waals surface area contributed by atoms with Gasteiger partial charge in [-0.3, -0.25) is 0 Å². The Labute approximate surface area is 225 Å². The molecule has 1 heterocycles. The highest BCUT2D eigenvalue weighted by molar-refractivity contribution is 6.24. The topological polar surface area (TPSA) is 13.1 Å².